The van der Waals surface area contributed by atoms with Gasteiger partial charge in [0.25, 0.3) is 5.91 Å². The average molecular weight is 408 g/mol. The molecular weight excluding hydrogens is 380 g/mol. The summed E-state index contributed by atoms with van der Waals surface area (Å²) < 4.78 is 10.8. The van der Waals surface area contributed by atoms with Crippen molar-refractivity contribution in [2.24, 2.45) is 0 Å². The molecule has 0 unspecified atom stereocenters. The molecule has 30 heavy (non-hydrogen) atoms. The molecule has 2 aromatic carbocycles. The van der Waals surface area contributed by atoms with Gasteiger partial charge in [-0.2, -0.15) is 0 Å². The van der Waals surface area contributed by atoms with Crippen LogP contribution in [0.25, 0.3) is 0 Å². The van der Waals surface area contributed by atoms with Crippen LogP contribution in [0.3, 0.4) is 0 Å². The summed E-state index contributed by atoms with van der Waals surface area (Å²) in [7, 11) is 3.17. The van der Waals surface area contributed by atoms with Crippen molar-refractivity contribution in [3.63, 3.8) is 0 Å². The zero-order valence-electron chi connectivity index (χ0n) is 17.5. The fourth-order valence-electron chi connectivity index (χ4n) is 4.53. The molecule has 2 amide bonds. The number of hydrogen-bond donors (Lipinski definition) is 1. The van der Waals surface area contributed by atoms with E-state index >= 15 is 0 Å². The quantitative estimate of drug-likeness (QED) is 0.756. The van der Waals surface area contributed by atoms with Crippen molar-refractivity contribution < 1.29 is 19.1 Å². The number of amides is 2. The molecule has 0 spiro atoms. The SMILES string of the molecule is COc1ccc([C@@H](CC(=O)NC2CCCC2)N2Cc3ccccc3C2=O)cc1OC. The van der Waals surface area contributed by atoms with Crippen LogP contribution in [0.15, 0.2) is 42.5 Å². The van der Waals surface area contributed by atoms with E-state index in [-0.39, 0.29) is 30.3 Å². The van der Waals surface area contributed by atoms with Crippen LogP contribution in [0.1, 0.15) is 59.6 Å². The summed E-state index contributed by atoms with van der Waals surface area (Å²) in [5.74, 6) is 1.14. The molecule has 6 nitrogen and oxygen atoms in total. The van der Waals surface area contributed by atoms with Crippen LogP contribution >= 0.6 is 0 Å². The van der Waals surface area contributed by atoms with E-state index in [1.54, 1.807) is 19.1 Å². The van der Waals surface area contributed by atoms with Crippen LogP contribution in [-0.4, -0.2) is 37.0 Å². The minimum atomic E-state index is -0.383. The van der Waals surface area contributed by atoms with Crippen molar-refractivity contribution >= 4 is 11.8 Å². The molecule has 1 fully saturated rings. The van der Waals surface area contributed by atoms with E-state index in [0.717, 1.165) is 36.8 Å². The molecule has 4 rings (SSSR count). The highest BCUT2D eigenvalue weighted by Gasteiger charge is 2.35. The molecule has 2 aromatic rings. The summed E-state index contributed by atoms with van der Waals surface area (Å²) in [6.07, 6.45) is 4.58. The standard InChI is InChI=1S/C24H28N2O4/c1-29-21-12-11-16(13-22(21)30-2)20(14-23(27)25-18-8-4-5-9-18)26-15-17-7-3-6-10-19(17)24(26)28/h3,6-7,10-13,18,20H,4-5,8-9,14-15H2,1-2H3,(H,25,27)/t20-/m1/s1. The Labute approximate surface area is 177 Å². The summed E-state index contributed by atoms with van der Waals surface area (Å²) in [4.78, 5) is 27.8. The second-order valence-electron chi connectivity index (χ2n) is 7.97. The third kappa shape index (κ3) is 3.99. The predicted octanol–water partition coefficient (Wildman–Crippen LogP) is 3.85. The Balaban J connectivity index is 1.63. The van der Waals surface area contributed by atoms with E-state index in [2.05, 4.69) is 5.32 Å². The smallest absolute Gasteiger partial charge is 0.255 e. The van der Waals surface area contributed by atoms with Crippen molar-refractivity contribution in [1.29, 1.82) is 0 Å². The number of benzene rings is 2. The molecule has 1 aliphatic carbocycles. The third-order valence-corrected chi connectivity index (χ3v) is 6.12. The molecule has 1 aliphatic heterocycles. The van der Waals surface area contributed by atoms with Gasteiger partial charge in [-0.15, -0.1) is 0 Å². The zero-order chi connectivity index (χ0) is 21.1. The van der Waals surface area contributed by atoms with Crippen LogP contribution in [0, 0.1) is 0 Å². The van der Waals surface area contributed by atoms with Crippen molar-refractivity contribution in [1.82, 2.24) is 10.2 Å². The van der Waals surface area contributed by atoms with E-state index in [1.165, 1.54) is 0 Å². The number of ether oxygens (including phenoxy) is 2. The van der Waals surface area contributed by atoms with Crippen LogP contribution in [0.2, 0.25) is 0 Å². The molecule has 1 N–H and O–H groups in total. The van der Waals surface area contributed by atoms with Gasteiger partial charge in [0.2, 0.25) is 5.91 Å². The highest BCUT2D eigenvalue weighted by molar-refractivity contribution is 5.98. The van der Waals surface area contributed by atoms with Gasteiger partial charge in [0.05, 0.1) is 26.7 Å². The van der Waals surface area contributed by atoms with Crippen molar-refractivity contribution in [2.75, 3.05) is 14.2 Å². The van der Waals surface area contributed by atoms with Gasteiger partial charge in [-0.3, -0.25) is 9.59 Å². The third-order valence-electron chi connectivity index (χ3n) is 6.12. The molecular formula is C24H28N2O4. The number of rotatable bonds is 7. The maximum absolute atomic E-state index is 13.2. The Morgan fingerprint density at radius 3 is 2.53 bits per heavy atom. The lowest BCUT2D eigenvalue weighted by Gasteiger charge is -2.29. The Bertz CT molecular complexity index is 937. The number of fused-ring (bicyclic) bond motifs is 1. The molecule has 158 valence electrons. The van der Waals surface area contributed by atoms with Gasteiger partial charge in [0.15, 0.2) is 11.5 Å². The number of nitrogens with zero attached hydrogens (tertiary/aromatic N) is 1. The van der Waals surface area contributed by atoms with E-state index in [0.29, 0.717) is 23.6 Å². The highest BCUT2D eigenvalue weighted by atomic mass is 16.5. The number of carbonyl (C=O) groups excluding carboxylic acids is 2. The number of carbonyl (C=O) groups is 2. The summed E-state index contributed by atoms with van der Waals surface area (Å²) >= 11 is 0. The second-order valence-corrected chi connectivity index (χ2v) is 7.97. The largest absolute Gasteiger partial charge is 0.493 e. The van der Waals surface area contributed by atoms with Crippen LogP contribution in [0.4, 0.5) is 0 Å². The maximum atomic E-state index is 13.2. The van der Waals surface area contributed by atoms with E-state index < -0.39 is 0 Å². The van der Waals surface area contributed by atoms with Gasteiger partial charge in [0.1, 0.15) is 0 Å². The van der Waals surface area contributed by atoms with Crippen molar-refractivity contribution in [2.45, 2.75) is 50.7 Å². The predicted molar refractivity (Wildman–Crippen MR) is 114 cm³/mol. The lowest BCUT2D eigenvalue weighted by atomic mass is 10.0. The molecule has 1 heterocycles. The molecule has 0 bridgehead atoms. The Hall–Kier alpha value is -3.02. The lowest BCUT2D eigenvalue weighted by molar-refractivity contribution is -0.122. The minimum Gasteiger partial charge on any atom is -0.493 e. The first kappa shape index (κ1) is 20.3. The zero-order valence-corrected chi connectivity index (χ0v) is 17.5. The lowest BCUT2D eigenvalue weighted by Crippen LogP contribution is -2.37. The highest BCUT2D eigenvalue weighted by Crippen LogP contribution is 2.37. The first-order chi connectivity index (χ1) is 14.6. The fraction of sp³-hybridized carbons (Fsp3) is 0.417. The van der Waals surface area contributed by atoms with Gasteiger partial charge >= 0.3 is 0 Å². The van der Waals surface area contributed by atoms with Crippen LogP contribution in [-0.2, 0) is 11.3 Å². The molecule has 0 radical (unpaired) electrons. The Morgan fingerprint density at radius 2 is 1.83 bits per heavy atom. The fourth-order valence-corrected chi connectivity index (χ4v) is 4.53. The van der Waals surface area contributed by atoms with Gasteiger partial charge in [0, 0.05) is 18.2 Å². The summed E-state index contributed by atoms with van der Waals surface area (Å²) in [6, 6.07) is 13.1. The van der Waals surface area contributed by atoms with Gasteiger partial charge in [-0.05, 0) is 42.2 Å². The summed E-state index contributed by atoms with van der Waals surface area (Å²) in [5, 5.41) is 3.16. The Kier molecular flexibility index (Phi) is 5.93. The van der Waals surface area contributed by atoms with Gasteiger partial charge < -0.3 is 19.7 Å². The molecule has 2 aliphatic rings. The van der Waals surface area contributed by atoms with Crippen LogP contribution in [0.5, 0.6) is 11.5 Å². The summed E-state index contributed by atoms with van der Waals surface area (Å²) in [6.45, 7) is 0.491. The normalized spacial score (nSPS) is 17.0. The number of methoxy groups -OCH3 is 2. The van der Waals surface area contributed by atoms with E-state index in [9.17, 15) is 9.59 Å². The molecule has 1 saturated carbocycles. The topological polar surface area (TPSA) is 67.9 Å². The summed E-state index contributed by atoms with van der Waals surface area (Å²) in [5.41, 5.74) is 2.55. The Morgan fingerprint density at radius 1 is 1.10 bits per heavy atom. The first-order valence-electron chi connectivity index (χ1n) is 10.5. The van der Waals surface area contributed by atoms with Gasteiger partial charge in [-0.1, -0.05) is 37.1 Å². The molecule has 6 heteroatoms. The average Bonchev–Trinajstić information content (AvgIpc) is 3.39. The molecule has 1 atom stereocenters. The monoisotopic (exact) mass is 408 g/mol. The second kappa shape index (κ2) is 8.78. The van der Waals surface area contributed by atoms with Gasteiger partial charge in [-0.25, -0.2) is 0 Å². The molecule has 0 aromatic heterocycles. The molecule has 0 saturated heterocycles. The van der Waals surface area contributed by atoms with Crippen molar-refractivity contribution in [3.05, 3.63) is 59.2 Å². The number of hydrogen-bond acceptors (Lipinski definition) is 4. The van der Waals surface area contributed by atoms with E-state index in [4.69, 9.17) is 9.47 Å². The van der Waals surface area contributed by atoms with E-state index in [1.807, 2.05) is 42.5 Å². The maximum Gasteiger partial charge on any atom is 0.255 e. The first-order valence-corrected chi connectivity index (χ1v) is 10.5. The number of nitrogens with one attached hydrogen (secondary N) is 1. The minimum absolute atomic E-state index is 0.0227. The van der Waals surface area contributed by atoms with Crippen LogP contribution < -0.4 is 14.8 Å². The van der Waals surface area contributed by atoms with Crippen molar-refractivity contribution in [3.8, 4) is 11.5 Å².